The SMILES string of the molecule is O=C1NCCCCC1Sc1nnc(N2CCCCC2)n1C1CC1. The summed E-state index contributed by atoms with van der Waals surface area (Å²) in [6.45, 7) is 2.98. The Kier molecular flexibility index (Phi) is 4.46. The molecule has 0 spiro atoms. The van der Waals surface area contributed by atoms with Gasteiger partial charge in [0.1, 0.15) is 0 Å². The number of hydrogen-bond donors (Lipinski definition) is 1. The zero-order chi connectivity index (χ0) is 15.6. The van der Waals surface area contributed by atoms with Gasteiger partial charge in [-0.15, -0.1) is 10.2 Å². The predicted molar refractivity (Wildman–Crippen MR) is 90.9 cm³/mol. The third kappa shape index (κ3) is 3.34. The van der Waals surface area contributed by atoms with Gasteiger partial charge in [-0.2, -0.15) is 0 Å². The van der Waals surface area contributed by atoms with Crippen molar-refractivity contribution in [1.29, 1.82) is 0 Å². The lowest BCUT2D eigenvalue weighted by Gasteiger charge is -2.28. The van der Waals surface area contributed by atoms with Crippen LogP contribution >= 0.6 is 11.8 Å². The van der Waals surface area contributed by atoms with Gasteiger partial charge in [-0.25, -0.2) is 0 Å². The zero-order valence-corrected chi connectivity index (χ0v) is 14.4. The van der Waals surface area contributed by atoms with Crippen LogP contribution in [0, 0.1) is 0 Å². The fraction of sp³-hybridized carbons (Fsp3) is 0.812. The quantitative estimate of drug-likeness (QED) is 0.915. The molecule has 3 aliphatic rings. The molecule has 3 heterocycles. The maximum atomic E-state index is 12.2. The fourth-order valence-corrected chi connectivity index (χ4v) is 4.62. The molecule has 1 saturated carbocycles. The second kappa shape index (κ2) is 6.71. The lowest BCUT2D eigenvalue weighted by Crippen LogP contribution is -2.32. The Balaban J connectivity index is 1.56. The molecule has 3 fully saturated rings. The molecular weight excluding hydrogens is 310 g/mol. The van der Waals surface area contributed by atoms with E-state index < -0.39 is 0 Å². The van der Waals surface area contributed by atoms with Gasteiger partial charge in [0.25, 0.3) is 0 Å². The molecule has 0 bridgehead atoms. The molecule has 1 atom stereocenters. The Bertz CT molecular complexity index is 565. The number of aromatic nitrogens is 3. The summed E-state index contributed by atoms with van der Waals surface area (Å²) in [6, 6.07) is 0.540. The van der Waals surface area contributed by atoms with Crippen molar-refractivity contribution in [2.45, 2.75) is 67.8 Å². The molecule has 2 saturated heterocycles. The number of piperidine rings is 1. The van der Waals surface area contributed by atoms with E-state index in [0.29, 0.717) is 6.04 Å². The van der Waals surface area contributed by atoms with Gasteiger partial charge in [0.2, 0.25) is 11.9 Å². The van der Waals surface area contributed by atoms with Gasteiger partial charge in [0, 0.05) is 25.7 Å². The summed E-state index contributed by atoms with van der Waals surface area (Å²) in [7, 11) is 0. The third-order valence-corrected chi connectivity index (χ3v) is 6.15. The maximum absolute atomic E-state index is 12.2. The van der Waals surface area contributed by atoms with E-state index in [1.54, 1.807) is 11.8 Å². The van der Waals surface area contributed by atoms with E-state index in [-0.39, 0.29) is 11.2 Å². The summed E-state index contributed by atoms with van der Waals surface area (Å²) >= 11 is 1.62. The first-order chi connectivity index (χ1) is 11.3. The molecule has 2 aliphatic heterocycles. The second-order valence-electron chi connectivity index (χ2n) is 6.82. The average Bonchev–Trinajstić information content (AvgIpc) is 3.36. The number of thioether (sulfide) groups is 1. The molecule has 0 aromatic carbocycles. The van der Waals surface area contributed by atoms with Crippen molar-refractivity contribution in [3.05, 3.63) is 0 Å². The van der Waals surface area contributed by atoms with Gasteiger partial charge < -0.3 is 10.2 Å². The minimum atomic E-state index is -0.0200. The van der Waals surface area contributed by atoms with Crippen LogP contribution in [0.15, 0.2) is 5.16 Å². The molecule has 1 unspecified atom stereocenters. The van der Waals surface area contributed by atoms with Crippen LogP contribution in [0.4, 0.5) is 5.95 Å². The Morgan fingerprint density at radius 2 is 1.83 bits per heavy atom. The van der Waals surface area contributed by atoms with Gasteiger partial charge in [0.15, 0.2) is 5.16 Å². The molecule has 1 aromatic rings. The monoisotopic (exact) mass is 335 g/mol. The molecule has 23 heavy (non-hydrogen) atoms. The normalized spacial score (nSPS) is 26.0. The van der Waals surface area contributed by atoms with E-state index in [0.717, 1.165) is 50.0 Å². The van der Waals surface area contributed by atoms with Crippen LogP contribution in [0.25, 0.3) is 0 Å². The summed E-state index contributed by atoms with van der Waals surface area (Å²) in [5.41, 5.74) is 0. The summed E-state index contributed by atoms with van der Waals surface area (Å²) < 4.78 is 2.31. The van der Waals surface area contributed by atoms with E-state index in [9.17, 15) is 4.79 Å². The molecule has 7 heteroatoms. The van der Waals surface area contributed by atoms with Crippen LogP contribution in [-0.2, 0) is 4.79 Å². The molecular formula is C16H25N5OS. The molecule has 6 nitrogen and oxygen atoms in total. The average molecular weight is 335 g/mol. The first kappa shape index (κ1) is 15.3. The van der Waals surface area contributed by atoms with Crippen molar-refractivity contribution in [2.24, 2.45) is 0 Å². The van der Waals surface area contributed by atoms with Gasteiger partial charge in [0.05, 0.1) is 5.25 Å². The van der Waals surface area contributed by atoms with E-state index in [1.165, 1.54) is 32.1 Å². The highest BCUT2D eigenvalue weighted by Gasteiger charge is 2.34. The Morgan fingerprint density at radius 3 is 2.61 bits per heavy atom. The van der Waals surface area contributed by atoms with Crippen LogP contribution in [-0.4, -0.2) is 45.6 Å². The Morgan fingerprint density at radius 1 is 1.00 bits per heavy atom. The van der Waals surface area contributed by atoms with Crippen molar-refractivity contribution >= 4 is 23.6 Å². The van der Waals surface area contributed by atoms with Crippen LogP contribution in [0.5, 0.6) is 0 Å². The molecule has 1 aromatic heterocycles. The standard InChI is InChI=1S/C16H25N5OS/c22-14-13(6-2-3-9-17-14)23-16-19-18-15(21(16)12-7-8-12)20-10-4-1-5-11-20/h12-13H,1-11H2,(H,17,22). The predicted octanol–water partition coefficient (Wildman–Crippen LogP) is 2.36. The Hall–Kier alpha value is -1.24. The number of nitrogens with zero attached hydrogens (tertiary/aromatic N) is 4. The van der Waals surface area contributed by atoms with Crippen molar-refractivity contribution in [3.63, 3.8) is 0 Å². The molecule has 1 amide bonds. The van der Waals surface area contributed by atoms with Crippen molar-refractivity contribution in [1.82, 2.24) is 20.1 Å². The van der Waals surface area contributed by atoms with E-state index >= 15 is 0 Å². The topological polar surface area (TPSA) is 63.1 Å². The van der Waals surface area contributed by atoms with Gasteiger partial charge >= 0.3 is 0 Å². The van der Waals surface area contributed by atoms with Crippen molar-refractivity contribution < 1.29 is 4.79 Å². The molecule has 126 valence electrons. The smallest absolute Gasteiger partial charge is 0.233 e. The summed E-state index contributed by atoms with van der Waals surface area (Å²) in [5.74, 6) is 1.20. The Labute approximate surface area is 141 Å². The minimum absolute atomic E-state index is 0.0200. The molecule has 1 N–H and O–H groups in total. The summed E-state index contributed by atoms with van der Waals surface area (Å²) in [6.07, 6.45) is 9.35. The maximum Gasteiger partial charge on any atom is 0.233 e. The first-order valence-electron chi connectivity index (χ1n) is 8.97. The van der Waals surface area contributed by atoms with Crippen LogP contribution in [0.3, 0.4) is 0 Å². The van der Waals surface area contributed by atoms with Crippen LogP contribution in [0.1, 0.15) is 57.4 Å². The van der Waals surface area contributed by atoms with Crippen LogP contribution in [0.2, 0.25) is 0 Å². The largest absolute Gasteiger partial charge is 0.355 e. The fourth-order valence-electron chi connectivity index (χ4n) is 3.46. The number of carbonyl (C=O) groups excluding carboxylic acids is 1. The van der Waals surface area contributed by atoms with Gasteiger partial charge in [-0.05, 0) is 44.9 Å². The highest BCUT2D eigenvalue weighted by Crippen LogP contribution is 2.42. The van der Waals surface area contributed by atoms with E-state index in [2.05, 4.69) is 25.0 Å². The number of amides is 1. The molecule has 0 radical (unpaired) electrons. The summed E-state index contributed by atoms with van der Waals surface area (Å²) in [5, 5.41) is 12.9. The van der Waals surface area contributed by atoms with Crippen molar-refractivity contribution in [3.8, 4) is 0 Å². The minimum Gasteiger partial charge on any atom is -0.355 e. The lowest BCUT2D eigenvalue weighted by molar-refractivity contribution is -0.120. The van der Waals surface area contributed by atoms with E-state index in [1.807, 2.05) is 0 Å². The lowest BCUT2D eigenvalue weighted by atomic mass is 10.1. The van der Waals surface area contributed by atoms with Crippen molar-refractivity contribution in [2.75, 3.05) is 24.5 Å². The molecule has 4 rings (SSSR count). The summed E-state index contributed by atoms with van der Waals surface area (Å²) in [4.78, 5) is 14.6. The highest BCUT2D eigenvalue weighted by molar-refractivity contribution is 8.00. The number of rotatable bonds is 4. The second-order valence-corrected chi connectivity index (χ2v) is 7.99. The zero-order valence-electron chi connectivity index (χ0n) is 13.5. The van der Waals surface area contributed by atoms with Crippen LogP contribution < -0.4 is 10.2 Å². The van der Waals surface area contributed by atoms with E-state index in [4.69, 9.17) is 0 Å². The number of nitrogens with one attached hydrogen (secondary N) is 1. The van der Waals surface area contributed by atoms with Gasteiger partial charge in [-0.1, -0.05) is 18.2 Å². The third-order valence-electron chi connectivity index (χ3n) is 4.93. The molecule has 1 aliphatic carbocycles. The number of carbonyl (C=O) groups is 1. The number of anilines is 1. The first-order valence-corrected chi connectivity index (χ1v) is 9.85. The van der Waals surface area contributed by atoms with Gasteiger partial charge in [-0.3, -0.25) is 9.36 Å². The highest BCUT2D eigenvalue weighted by atomic mass is 32.2. The number of hydrogen-bond acceptors (Lipinski definition) is 5.